The highest BCUT2D eigenvalue weighted by molar-refractivity contribution is 5.96. The lowest BCUT2D eigenvalue weighted by Crippen LogP contribution is -2.50. The van der Waals surface area contributed by atoms with Crippen LogP contribution in [0.25, 0.3) is 0 Å². The van der Waals surface area contributed by atoms with Crippen LogP contribution in [-0.4, -0.2) is 76.8 Å². The predicted octanol–water partition coefficient (Wildman–Crippen LogP) is 4.31. The van der Waals surface area contributed by atoms with Crippen molar-refractivity contribution in [2.75, 3.05) is 39.3 Å². The lowest BCUT2D eigenvalue weighted by Gasteiger charge is -2.43. The van der Waals surface area contributed by atoms with Crippen LogP contribution < -0.4 is 5.32 Å². The first-order valence-electron chi connectivity index (χ1n) is 14.1. The van der Waals surface area contributed by atoms with Gasteiger partial charge >= 0.3 is 0 Å². The molecule has 0 spiro atoms. The van der Waals surface area contributed by atoms with Gasteiger partial charge in [-0.2, -0.15) is 0 Å². The summed E-state index contributed by atoms with van der Waals surface area (Å²) in [5.74, 6) is -0.510. The molecule has 0 bridgehead atoms. The van der Waals surface area contributed by atoms with Crippen molar-refractivity contribution in [1.29, 1.82) is 0 Å². The first-order valence-corrected chi connectivity index (χ1v) is 14.1. The summed E-state index contributed by atoms with van der Waals surface area (Å²) < 4.78 is 13.2. The monoisotopic (exact) mass is 543 g/mol. The highest BCUT2D eigenvalue weighted by Gasteiger charge is 2.32. The van der Waals surface area contributed by atoms with Gasteiger partial charge in [0.05, 0.1) is 5.56 Å². The fraction of sp³-hybridized carbons (Fsp3) is 0.406. The van der Waals surface area contributed by atoms with E-state index in [1.807, 2.05) is 11.0 Å². The number of nitrogens with one attached hydrogen (secondary N) is 1. The fourth-order valence-electron chi connectivity index (χ4n) is 5.67. The number of pyridine rings is 1. The minimum Gasteiger partial charge on any atom is -0.348 e. The van der Waals surface area contributed by atoms with E-state index in [2.05, 4.69) is 58.2 Å². The maximum atomic E-state index is 13.2. The number of piperidine rings is 1. The van der Waals surface area contributed by atoms with Gasteiger partial charge in [0.15, 0.2) is 0 Å². The van der Waals surface area contributed by atoms with Crippen molar-refractivity contribution in [1.82, 2.24) is 25.0 Å². The minimum atomic E-state index is -0.236. The van der Waals surface area contributed by atoms with Crippen LogP contribution in [0.5, 0.6) is 0 Å². The van der Waals surface area contributed by atoms with Crippen molar-refractivity contribution >= 4 is 11.8 Å². The molecule has 2 aromatic carbocycles. The van der Waals surface area contributed by atoms with Gasteiger partial charge < -0.3 is 10.2 Å². The summed E-state index contributed by atoms with van der Waals surface area (Å²) in [6.07, 6.45) is 3.27. The first-order chi connectivity index (χ1) is 19.3. The summed E-state index contributed by atoms with van der Waals surface area (Å²) >= 11 is 0. The number of aromatic nitrogens is 1. The molecule has 3 heterocycles. The number of carbonyl (C=O) groups is 2. The highest BCUT2D eigenvalue weighted by Crippen LogP contribution is 2.30. The summed E-state index contributed by atoms with van der Waals surface area (Å²) in [4.78, 5) is 36.8. The van der Waals surface area contributed by atoms with Crippen LogP contribution in [0.15, 0.2) is 72.9 Å². The summed E-state index contributed by atoms with van der Waals surface area (Å²) in [5.41, 5.74) is 3.10. The van der Waals surface area contributed by atoms with Gasteiger partial charge in [-0.15, -0.1) is 0 Å². The molecule has 0 unspecified atom stereocenters. The normalized spacial score (nSPS) is 17.5. The van der Waals surface area contributed by atoms with E-state index in [-0.39, 0.29) is 29.2 Å². The second-order valence-electron chi connectivity index (χ2n) is 11.3. The van der Waals surface area contributed by atoms with Crippen molar-refractivity contribution in [3.05, 3.63) is 101 Å². The van der Waals surface area contributed by atoms with Crippen molar-refractivity contribution in [2.45, 2.75) is 44.8 Å². The van der Waals surface area contributed by atoms with Gasteiger partial charge in [0.1, 0.15) is 11.5 Å². The Kier molecular flexibility index (Phi) is 8.57. The number of piperazine rings is 1. The Morgan fingerprint density at radius 3 is 2.20 bits per heavy atom. The maximum absolute atomic E-state index is 13.2. The third kappa shape index (κ3) is 6.57. The quantitative estimate of drug-likeness (QED) is 0.481. The molecule has 0 radical (unpaired) electrons. The van der Waals surface area contributed by atoms with Crippen LogP contribution >= 0.6 is 0 Å². The van der Waals surface area contributed by atoms with E-state index in [1.54, 1.807) is 24.3 Å². The first kappa shape index (κ1) is 27.9. The number of halogens is 1. The molecule has 40 heavy (non-hydrogen) atoms. The number of rotatable bonds is 7. The number of carbonyl (C=O) groups excluding carboxylic acids is 2. The highest BCUT2D eigenvalue weighted by atomic mass is 19.1. The summed E-state index contributed by atoms with van der Waals surface area (Å²) in [7, 11) is 0. The molecule has 2 fully saturated rings. The Morgan fingerprint density at radius 1 is 0.900 bits per heavy atom. The van der Waals surface area contributed by atoms with Gasteiger partial charge in [0, 0.05) is 63.6 Å². The molecule has 2 amide bonds. The molecule has 0 atom stereocenters. The Bertz CT molecular complexity index is 1280. The van der Waals surface area contributed by atoms with Crippen molar-refractivity contribution < 1.29 is 14.0 Å². The zero-order chi connectivity index (χ0) is 28.1. The molecule has 8 heteroatoms. The number of amides is 2. The minimum absolute atomic E-state index is 0.0601. The third-order valence-electron chi connectivity index (χ3n) is 8.32. The zero-order valence-electron chi connectivity index (χ0n) is 23.4. The lowest BCUT2D eigenvalue weighted by atomic mass is 9.89. The molecule has 1 N–H and O–H groups in total. The molecule has 2 aliphatic heterocycles. The Hall–Kier alpha value is -3.62. The second kappa shape index (κ2) is 12.3. The number of hydrogen-bond donors (Lipinski definition) is 1. The standard InChI is InChI=1S/C32H38FN5O2/c1-32(2,26-6-4-3-5-7-26)38-16-14-28(15-17-38)35-30(39)29-13-10-25(22-34-29)31(40)37-20-18-36(19-21-37)23-24-8-11-27(33)12-9-24/h3-13,22,28H,14-21,23H2,1-2H3,(H,35,39). The van der Waals surface area contributed by atoms with E-state index in [4.69, 9.17) is 0 Å². The topological polar surface area (TPSA) is 68.8 Å². The van der Waals surface area contributed by atoms with Crippen LogP contribution in [0.4, 0.5) is 4.39 Å². The van der Waals surface area contributed by atoms with E-state index in [9.17, 15) is 14.0 Å². The fourth-order valence-corrected chi connectivity index (χ4v) is 5.67. The maximum Gasteiger partial charge on any atom is 0.270 e. The predicted molar refractivity (Wildman–Crippen MR) is 153 cm³/mol. The van der Waals surface area contributed by atoms with E-state index in [0.29, 0.717) is 24.3 Å². The largest absolute Gasteiger partial charge is 0.348 e. The van der Waals surface area contributed by atoms with Crippen molar-refractivity contribution in [3.63, 3.8) is 0 Å². The molecule has 7 nitrogen and oxygen atoms in total. The van der Waals surface area contributed by atoms with Gasteiger partial charge in [-0.3, -0.25) is 24.4 Å². The summed E-state index contributed by atoms with van der Waals surface area (Å²) in [5, 5.41) is 3.14. The van der Waals surface area contributed by atoms with Crippen molar-refractivity contribution in [3.8, 4) is 0 Å². The zero-order valence-corrected chi connectivity index (χ0v) is 23.4. The van der Waals surface area contributed by atoms with E-state index < -0.39 is 0 Å². The number of likely N-dealkylation sites (tertiary alicyclic amines) is 1. The number of benzene rings is 2. The molecular formula is C32H38FN5O2. The average Bonchev–Trinajstić information content (AvgIpc) is 2.99. The van der Waals surface area contributed by atoms with Crippen LogP contribution in [-0.2, 0) is 12.1 Å². The van der Waals surface area contributed by atoms with Crippen LogP contribution in [0.1, 0.15) is 58.7 Å². The van der Waals surface area contributed by atoms with Crippen molar-refractivity contribution in [2.24, 2.45) is 0 Å². The summed E-state index contributed by atoms with van der Waals surface area (Å²) in [6.45, 7) is 9.78. The van der Waals surface area contributed by atoms with Gasteiger partial charge in [-0.1, -0.05) is 42.5 Å². The van der Waals surface area contributed by atoms with Gasteiger partial charge in [-0.25, -0.2) is 4.39 Å². The van der Waals surface area contributed by atoms with E-state index in [0.717, 1.165) is 51.1 Å². The Balaban J connectivity index is 1.08. The SMILES string of the molecule is CC(C)(c1ccccc1)N1CCC(NC(=O)c2ccc(C(=O)N3CCN(Cc4ccc(F)cc4)CC3)cn2)CC1. The molecule has 0 aliphatic carbocycles. The molecule has 0 saturated carbocycles. The molecule has 210 valence electrons. The Morgan fingerprint density at radius 2 is 1.57 bits per heavy atom. The molecule has 3 aromatic rings. The van der Waals surface area contributed by atoms with Crippen LogP contribution in [0.2, 0.25) is 0 Å². The van der Waals surface area contributed by atoms with Crippen LogP contribution in [0.3, 0.4) is 0 Å². The molecule has 5 rings (SSSR count). The van der Waals surface area contributed by atoms with E-state index in [1.165, 1.54) is 23.9 Å². The average molecular weight is 544 g/mol. The Labute approximate surface area is 236 Å². The van der Waals surface area contributed by atoms with Crippen LogP contribution in [0, 0.1) is 5.82 Å². The smallest absolute Gasteiger partial charge is 0.270 e. The van der Waals surface area contributed by atoms with Gasteiger partial charge in [0.25, 0.3) is 11.8 Å². The third-order valence-corrected chi connectivity index (χ3v) is 8.32. The van der Waals surface area contributed by atoms with Gasteiger partial charge in [-0.05, 0) is 62.1 Å². The van der Waals surface area contributed by atoms with Gasteiger partial charge in [0.2, 0.25) is 0 Å². The van der Waals surface area contributed by atoms with E-state index >= 15 is 0 Å². The lowest BCUT2D eigenvalue weighted by molar-refractivity contribution is 0.0627. The second-order valence-corrected chi connectivity index (χ2v) is 11.3. The molecule has 2 aliphatic rings. The molecule has 1 aromatic heterocycles. The molecule has 2 saturated heterocycles. The molecular weight excluding hydrogens is 505 g/mol. The summed E-state index contributed by atoms with van der Waals surface area (Å²) in [6, 6.07) is 20.5. The number of nitrogens with zero attached hydrogens (tertiary/aromatic N) is 4. The number of hydrogen-bond acceptors (Lipinski definition) is 5.